The summed E-state index contributed by atoms with van der Waals surface area (Å²) in [7, 11) is 0. The van der Waals surface area contributed by atoms with Crippen molar-refractivity contribution in [2.24, 2.45) is 5.92 Å². The molecule has 5 nitrogen and oxygen atoms in total. The second-order valence-corrected chi connectivity index (χ2v) is 9.29. The summed E-state index contributed by atoms with van der Waals surface area (Å²) in [5.41, 5.74) is -0.106. The van der Waals surface area contributed by atoms with Crippen LogP contribution >= 0.6 is 0 Å². The summed E-state index contributed by atoms with van der Waals surface area (Å²) in [5.74, 6) is -2.34. The average Bonchev–Trinajstić information content (AvgIpc) is 2.91. The predicted molar refractivity (Wildman–Crippen MR) is 94.0 cm³/mol. The van der Waals surface area contributed by atoms with Gasteiger partial charge in [0, 0.05) is 63.6 Å². The van der Waals surface area contributed by atoms with Crippen molar-refractivity contribution >= 4 is 5.91 Å². The maximum atomic E-state index is 13.4. The first-order valence-electron chi connectivity index (χ1n) is 10.0. The number of aliphatic hydroxyl groups excluding tert-OH is 1. The number of carbonyl (C=O) groups excluding carboxylic acids is 1. The standard InChI is InChI=1S/C19H31F2N3O2/c1-13(2)17(26)22-8-15-7-16(25)9-24(15)18(10-22)11-23(12-18)14-3-5-19(20,21)6-4-14/h13-16,25H,3-12H2,1-2H3/t15-,16+/m0/s1. The highest BCUT2D eigenvalue weighted by atomic mass is 19.3. The summed E-state index contributed by atoms with van der Waals surface area (Å²) in [6.45, 7) is 7.59. The van der Waals surface area contributed by atoms with Gasteiger partial charge in [-0.25, -0.2) is 8.78 Å². The van der Waals surface area contributed by atoms with Gasteiger partial charge in [0.15, 0.2) is 0 Å². The van der Waals surface area contributed by atoms with Crippen LogP contribution in [-0.4, -0.2) is 88.1 Å². The maximum Gasteiger partial charge on any atom is 0.248 e. The fourth-order valence-corrected chi connectivity index (χ4v) is 5.58. The highest BCUT2D eigenvalue weighted by molar-refractivity contribution is 5.78. The Morgan fingerprint density at radius 1 is 1.08 bits per heavy atom. The molecule has 7 heteroatoms. The van der Waals surface area contributed by atoms with E-state index in [9.17, 15) is 18.7 Å². The Balaban J connectivity index is 1.45. The number of alkyl halides is 2. The first kappa shape index (κ1) is 18.6. The fourth-order valence-electron chi connectivity index (χ4n) is 5.58. The fraction of sp³-hybridized carbons (Fsp3) is 0.947. The molecule has 0 aromatic carbocycles. The van der Waals surface area contributed by atoms with Gasteiger partial charge in [0.1, 0.15) is 0 Å². The molecular weight excluding hydrogens is 340 g/mol. The third-order valence-corrected chi connectivity index (χ3v) is 6.92. The third-order valence-electron chi connectivity index (χ3n) is 6.92. The number of halogens is 2. The largest absolute Gasteiger partial charge is 0.392 e. The van der Waals surface area contributed by atoms with E-state index in [4.69, 9.17) is 0 Å². The number of hydrogen-bond donors (Lipinski definition) is 1. The van der Waals surface area contributed by atoms with Crippen molar-refractivity contribution in [3.8, 4) is 0 Å². The molecular formula is C19H31F2N3O2. The van der Waals surface area contributed by atoms with Gasteiger partial charge in [-0.3, -0.25) is 14.6 Å². The van der Waals surface area contributed by atoms with Gasteiger partial charge in [-0.05, 0) is 19.3 Å². The number of hydrogen-bond acceptors (Lipinski definition) is 4. The number of amides is 1. The molecule has 1 amide bonds. The van der Waals surface area contributed by atoms with E-state index in [0.717, 1.165) is 19.5 Å². The van der Waals surface area contributed by atoms with Crippen LogP contribution in [0.25, 0.3) is 0 Å². The first-order chi connectivity index (χ1) is 12.2. The highest BCUT2D eigenvalue weighted by Crippen LogP contribution is 2.43. The van der Waals surface area contributed by atoms with E-state index in [2.05, 4.69) is 9.80 Å². The van der Waals surface area contributed by atoms with E-state index < -0.39 is 5.92 Å². The molecule has 1 aliphatic carbocycles. The summed E-state index contributed by atoms with van der Waals surface area (Å²) in [6, 6.07) is 0.460. The second-order valence-electron chi connectivity index (χ2n) is 9.29. The molecule has 0 radical (unpaired) electrons. The zero-order valence-corrected chi connectivity index (χ0v) is 15.8. The number of carbonyl (C=O) groups is 1. The number of aliphatic hydroxyl groups is 1. The lowest BCUT2D eigenvalue weighted by Gasteiger charge is -2.63. The molecule has 4 aliphatic rings. The van der Waals surface area contributed by atoms with Crippen LogP contribution in [0.1, 0.15) is 46.0 Å². The summed E-state index contributed by atoms with van der Waals surface area (Å²) >= 11 is 0. The zero-order valence-electron chi connectivity index (χ0n) is 15.8. The van der Waals surface area contributed by atoms with Gasteiger partial charge >= 0.3 is 0 Å². The van der Waals surface area contributed by atoms with E-state index in [-0.39, 0.29) is 48.4 Å². The highest BCUT2D eigenvalue weighted by Gasteiger charge is 2.58. The molecule has 1 saturated carbocycles. The molecule has 1 spiro atoms. The Hall–Kier alpha value is -0.790. The lowest BCUT2D eigenvalue weighted by Crippen LogP contribution is -2.79. The van der Waals surface area contributed by atoms with Crippen LogP contribution in [0.4, 0.5) is 8.78 Å². The molecule has 148 valence electrons. The van der Waals surface area contributed by atoms with Gasteiger partial charge in [0.05, 0.1) is 11.6 Å². The van der Waals surface area contributed by atoms with E-state index in [0.29, 0.717) is 32.5 Å². The van der Waals surface area contributed by atoms with E-state index in [1.165, 1.54) is 0 Å². The smallest absolute Gasteiger partial charge is 0.248 e. The van der Waals surface area contributed by atoms with Crippen molar-refractivity contribution in [2.45, 2.75) is 75.6 Å². The average molecular weight is 371 g/mol. The first-order valence-corrected chi connectivity index (χ1v) is 10.0. The molecule has 0 aromatic rings. The minimum Gasteiger partial charge on any atom is -0.392 e. The Labute approximate surface area is 154 Å². The summed E-state index contributed by atoms with van der Waals surface area (Å²) in [5, 5.41) is 10.2. The molecule has 26 heavy (non-hydrogen) atoms. The van der Waals surface area contributed by atoms with Gasteiger partial charge < -0.3 is 10.0 Å². The number of piperazine rings is 1. The summed E-state index contributed by atoms with van der Waals surface area (Å²) in [6.07, 6.45) is 1.50. The molecule has 0 aromatic heterocycles. The van der Waals surface area contributed by atoms with Crippen LogP contribution in [0.3, 0.4) is 0 Å². The van der Waals surface area contributed by atoms with E-state index in [1.807, 2.05) is 18.7 Å². The lowest BCUT2D eigenvalue weighted by atomic mass is 9.79. The molecule has 1 N–H and O–H groups in total. The molecule has 2 atom stereocenters. The second kappa shape index (κ2) is 6.38. The number of nitrogens with zero attached hydrogens (tertiary/aromatic N) is 3. The maximum absolute atomic E-state index is 13.4. The van der Waals surface area contributed by atoms with Crippen LogP contribution < -0.4 is 0 Å². The van der Waals surface area contributed by atoms with Gasteiger partial charge in [-0.1, -0.05) is 13.8 Å². The molecule has 4 rings (SSSR count). The number of likely N-dealkylation sites (tertiary alicyclic amines) is 1. The monoisotopic (exact) mass is 371 g/mol. The van der Waals surface area contributed by atoms with Gasteiger partial charge in [-0.15, -0.1) is 0 Å². The molecule has 3 aliphatic heterocycles. The van der Waals surface area contributed by atoms with Crippen LogP contribution in [-0.2, 0) is 4.79 Å². The topological polar surface area (TPSA) is 47.0 Å². The van der Waals surface area contributed by atoms with Crippen molar-refractivity contribution < 1.29 is 18.7 Å². The Kier molecular flexibility index (Phi) is 4.56. The van der Waals surface area contributed by atoms with E-state index in [1.54, 1.807) is 0 Å². The number of rotatable bonds is 2. The Morgan fingerprint density at radius 2 is 1.73 bits per heavy atom. The lowest BCUT2D eigenvalue weighted by molar-refractivity contribution is -0.160. The van der Waals surface area contributed by atoms with Crippen LogP contribution in [0.5, 0.6) is 0 Å². The Morgan fingerprint density at radius 3 is 2.35 bits per heavy atom. The van der Waals surface area contributed by atoms with Crippen LogP contribution in [0, 0.1) is 5.92 Å². The van der Waals surface area contributed by atoms with Crippen molar-refractivity contribution in [2.75, 3.05) is 32.7 Å². The van der Waals surface area contributed by atoms with Crippen molar-refractivity contribution in [3.05, 3.63) is 0 Å². The zero-order chi connectivity index (χ0) is 18.7. The number of fused-ring (bicyclic) bond motifs is 2. The normalized spacial score (nSPS) is 34.9. The third kappa shape index (κ3) is 3.16. The van der Waals surface area contributed by atoms with Gasteiger partial charge in [-0.2, -0.15) is 0 Å². The minimum atomic E-state index is -2.49. The predicted octanol–water partition coefficient (Wildman–Crippen LogP) is 1.55. The quantitative estimate of drug-likeness (QED) is 0.800. The molecule has 0 unspecified atom stereocenters. The Bertz CT molecular complexity index is 555. The molecule has 0 bridgehead atoms. The SMILES string of the molecule is CC(C)C(=O)N1C[C@@H]2C[C@@H](O)CN2C2(C1)CN(C1CCC(F)(F)CC1)C2. The molecule has 3 heterocycles. The van der Waals surface area contributed by atoms with Crippen molar-refractivity contribution in [1.29, 1.82) is 0 Å². The molecule has 4 fully saturated rings. The van der Waals surface area contributed by atoms with Crippen LogP contribution in [0.15, 0.2) is 0 Å². The van der Waals surface area contributed by atoms with Gasteiger partial charge in [0.25, 0.3) is 0 Å². The van der Waals surface area contributed by atoms with Crippen molar-refractivity contribution in [3.63, 3.8) is 0 Å². The minimum absolute atomic E-state index is 0.00974. The van der Waals surface area contributed by atoms with Crippen LogP contribution in [0.2, 0.25) is 0 Å². The van der Waals surface area contributed by atoms with E-state index >= 15 is 0 Å². The van der Waals surface area contributed by atoms with Crippen molar-refractivity contribution in [1.82, 2.24) is 14.7 Å². The summed E-state index contributed by atoms with van der Waals surface area (Å²) in [4.78, 5) is 19.3. The summed E-state index contributed by atoms with van der Waals surface area (Å²) < 4.78 is 26.9. The van der Waals surface area contributed by atoms with Gasteiger partial charge in [0.2, 0.25) is 11.8 Å². The molecule has 3 saturated heterocycles. The number of β-amino-alcohol motifs (C(OH)–C–C–N with tert-alkyl or cyclic N) is 1.